The number of hydrogen-bond acceptors (Lipinski definition) is 1. The van der Waals surface area contributed by atoms with Gasteiger partial charge >= 0.3 is 6.18 Å². The Bertz CT molecular complexity index is 557. The smallest absolute Gasteiger partial charge is 0.166 e. The fourth-order valence-corrected chi connectivity index (χ4v) is 3.02. The maximum Gasteiger partial charge on any atom is 0.416 e. The lowest BCUT2D eigenvalue weighted by Crippen LogP contribution is -2.11. The molecule has 0 atom stereocenters. The summed E-state index contributed by atoms with van der Waals surface area (Å²) in [6, 6.07) is 15.2. The lowest BCUT2D eigenvalue weighted by Gasteiger charge is -2.24. The molecule has 2 aromatic rings. The summed E-state index contributed by atoms with van der Waals surface area (Å²) in [5, 5.41) is 0. The molecule has 2 aromatic carbocycles. The number of thioether (sulfide) groups is 1. The number of hydrogen-bond donors (Lipinski definition) is 0. The molecule has 0 amide bonds. The van der Waals surface area contributed by atoms with Gasteiger partial charge in [0.05, 0.1) is 5.56 Å². The molecule has 0 saturated carbocycles. The predicted molar refractivity (Wildman–Crippen MR) is 76.8 cm³/mol. The van der Waals surface area contributed by atoms with Gasteiger partial charge in [-0.05, 0) is 43.7 Å². The molecule has 0 heterocycles. The third-order valence-electron chi connectivity index (χ3n) is 3.02. The number of rotatable bonds is 3. The summed E-state index contributed by atoms with van der Waals surface area (Å²) >= 11 is 1.55. The highest BCUT2D eigenvalue weighted by molar-refractivity contribution is 8.00. The summed E-state index contributed by atoms with van der Waals surface area (Å²) in [6.07, 6.45) is -4.28. The Balaban J connectivity index is 2.18. The average molecular weight is 296 g/mol. The van der Waals surface area contributed by atoms with Gasteiger partial charge in [0.1, 0.15) is 0 Å². The molecule has 2 rings (SSSR count). The minimum absolute atomic E-state index is 0.193. The zero-order valence-electron chi connectivity index (χ0n) is 11.2. The number of halogens is 3. The monoisotopic (exact) mass is 296 g/mol. The molecule has 0 fully saturated rings. The van der Waals surface area contributed by atoms with Gasteiger partial charge in [0.2, 0.25) is 0 Å². The summed E-state index contributed by atoms with van der Waals surface area (Å²) in [6.45, 7) is 4.12. The molecule has 0 saturated heterocycles. The molecule has 0 unspecified atom stereocenters. The molecule has 0 nitrogen and oxygen atoms in total. The second kappa shape index (κ2) is 5.52. The first kappa shape index (κ1) is 15.0. The van der Waals surface area contributed by atoms with Crippen LogP contribution in [0, 0.1) is 0 Å². The van der Waals surface area contributed by atoms with Crippen LogP contribution in [-0.4, -0.2) is 0 Å². The second-order valence-electron chi connectivity index (χ2n) is 5.00. The normalized spacial score (nSPS) is 12.4. The van der Waals surface area contributed by atoms with Gasteiger partial charge in [-0.2, -0.15) is 13.2 Å². The lowest BCUT2D eigenvalue weighted by atomic mass is 10.0. The SMILES string of the molecule is CC(C)(Sc1ccc(C(F)(F)F)cc1)c1ccccc1. The zero-order valence-corrected chi connectivity index (χ0v) is 12.1. The standard InChI is InChI=1S/C16H15F3S/c1-15(2,12-6-4-3-5-7-12)20-14-10-8-13(9-11-14)16(17,18)19/h3-11H,1-2H3. The van der Waals surface area contributed by atoms with E-state index in [1.165, 1.54) is 12.1 Å². The Morgan fingerprint density at radius 1 is 0.750 bits per heavy atom. The molecular weight excluding hydrogens is 281 g/mol. The summed E-state index contributed by atoms with van der Waals surface area (Å²) in [5.74, 6) is 0. The van der Waals surface area contributed by atoms with Crippen LogP contribution in [0.15, 0.2) is 59.5 Å². The summed E-state index contributed by atoms with van der Waals surface area (Å²) in [5.41, 5.74) is 0.532. The Labute approximate surface area is 121 Å². The first-order valence-electron chi connectivity index (χ1n) is 6.21. The van der Waals surface area contributed by atoms with Crippen LogP contribution in [0.25, 0.3) is 0 Å². The van der Waals surface area contributed by atoms with Crippen LogP contribution in [0.1, 0.15) is 25.0 Å². The third kappa shape index (κ3) is 3.57. The highest BCUT2D eigenvalue weighted by Crippen LogP contribution is 2.41. The molecule has 0 bridgehead atoms. The molecule has 0 spiro atoms. The fraction of sp³-hybridized carbons (Fsp3) is 0.250. The minimum Gasteiger partial charge on any atom is -0.166 e. The van der Waals surface area contributed by atoms with Crippen molar-refractivity contribution in [1.82, 2.24) is 0 Å². The van der Waals surface area contributed by atoms with Crippen molar-refractivity contribution in [2.75, 3.05) is 0 Å². The first-order chi connectivity index (χ1) is 9.29. The highest BCUT2D eigenvalue weighted by Gasteiger charge is 2.30. The van der Waals surface area contributed by atoms with Crippen LogP contribution < -0.4 is 0 Å². The van der Waals surface area contributed by atoms with Gasteiger partial charge in [-0.15, -0.1) is 11.8 Å². The van der Waals surface area contributed by atoms with E-state index in [0.717, 1.165) is 22.6 Å². The fourth-order valence-electron chi connectivity index (χ4n) is 1.91. The van der Waals surface area contributed by atoms with E-state index in [2.05, 4.69) is 13.8 Å². The number of alkyl halides is 3. The van der Waals surface area contributed by atoms with E-state index in [0.29, 0.717) is 0 Å². The summed E-state index contributed by atoms with van der Waals surface area (Å²) in [7, 11) is 0. The molecule has 4 heteroatoms. The third-order valence-corrected chi connectivity index (χ3v) is 4.28. The summed E-state index contributed by atoms with van der Waals surface area (Å²) in [4.78, 5) is 0.826. The summed E-state index contributed by atoms with van der Waals surface area (Å²) < 4.78 is 37.4. The van der Waals surface area contributed by atoms with Crippen molar-refractivity contribution >= 4 is 11.8 Å². The van der Waals surface area contributed by atoms with Gasteiger partial charge in [-0.3, -0.25) is 0 Å². The topological polar surface area (TPSA) is 0 Å². The van der Waals surface area contributed by atoms with E-state index in [4.69, 9.17) is 0 Å². The highest BCUT2D eigenvalue weighted by atomic mass is 32.2. The van der Waals surface area contributed by atoms with Crippen LogP contribution in [-0.2, 0) is 10.9 Å². The van der Waals surface area contributed by atoms with E-state index in [1.807, 2.05) is 30.3 Å². The Morgan fingerprint density at radius 2 is 1.30 bits per heavy atom. The zero-order chi connectivity index (χ0) is 14.8. The van der Waals surface area contributed by atoms with E-state index in [9.17, 15) is 13.2 Å². The predicted octanol–water partition coefficient (Wildman–Crippen LogP) is 5.73. The molecule has 0 aliphatic rings. The van der Waals surface area contributed by atoms with E-state index >= 15 is 0 Å². The molecule has 0 aliphatic heterocycles. The minimum atomic E-state index is -4.28. The van der Waals surface area contributed by atoms with Crippen molar-refractivity contribution in [3.05, 3.63) is 65.7 Å². The van der Waals surface area contributed by atoms with Crippen molar-refractivity contribution in [3.63, 3.8) is 0 Å². The van der Waals surface area contributed by atoms with Gasteiger partial charge < -0.3 is 0 Å². The van der Waals surface area contributed by atoms with E-state index < -0.39 is 11.7 Å². The molecule has 0 radical (unpaired) electrons. The van der Waals surface area contributed by atoms with Gasteiger partial charge in [0.15, 0.2) is 0 Å². The van der Waals surface area contributed by atoms with Gasteiger partial charge in [-0.1, -0.05) is 30.3 Å². The average Bonchev–Trinajstić information content (AvgIpc) is 2.39. The molecule has 0 aromatic heterocycles. The Kier molecular flexibility index (Phi) is 4.14. The quantitative estimate of drug-likeness (QED) is 0.651. The van der Waals surface area contributed by atoms with Crippen molar-refractivity contribution in [1.29, 1.82) is 0 Å². The van der Waals surface area contributed by atoms with Crippen LogP contribution >= 0.6 is 11.8 Å². The van der Waals surface area contributed by atoms with Gasteiger partial charge in [0.25, 0.3) is 0 Å². The van der Waals surface area contributed by atoms with E-state index in [-0.39, 0.29) is 4.75 Å². The molecule has 0 aliphatic carbocycles. The van der Waals surface area contributed by atoms with Crippen molar-refractivity contribution < 1.29 is 13.2 Å². The van der Waals surface area contributed by atoms with Crippen molar-refractivity contribution in [2.45, 2.75) is 29.7 Å². The number of benzene rings is 2. The largest absolute Gasteiger partial charge is 0.416 e. The Hall–Kier alpha value is -1.42. The maximum absolute atomic E-state index is 12.5. The van der Waals surface area contributed by atoms with E-state index in [1.54, 1.807) is 11.8 Å². The molecule has 20 heavy (non-hydrogen) atoms. The van der Waals surface area contributed by atoms with Crippen LogP contribution in [0.5, 0.6) is 0 Å². The van der Waals surface area contributed by atoms with Crippen LogP contribution in [0.4, 0.5) is 13.2 Å². The van der Waals surface area contributed by atoms with Gasteiger partial charge in [0, 0.05) is 9.64 Å². The Morgan fingerprint density at radius 3 is 1.80 bits per heavy atom. The second-order valence-corrected chi connectivity index (χ2v) is 6.70. The maximum atomic E-state index is 12.5. The first-order valence-corrected chi connectivity index (χ1v) is 7.02. The lowest BCUT2D eigenvalue weighted by molar-refractivity contribution is -0.137. The molecule has 0 N–H and O–H groups in total. The molecule has 106 valence electrons. The van der Waals surface area contributed by atoms with Crippen molar-refractivity contribution in [3.8, 4) is 0 Å². The van der Waals surface area contributed by atoms with Crippen molar-refractivity contribution in [2.24, 2.45) is 0 Å². The van der Waals surface area contributed by atoms with Crippen LogP contribution in [0.2, 0.25) is 0 Å². The van der Waals surface area contributed by atoms with Crippen LogP contribution in [0.3, 0.4) is 0 Å². The van der Waals surface area contributed by atoms with Gasteiger partial charge in [-0.25, -0.2) is 0 Å². The molecular formula is C16H15F3S.